The lowest BCUT2D eigenvalue weighted by Crippen LogP contribution is -2.18. The third kappa shape index (κ3) is 2.19. The number of hydrogen-bond donors (Lipinski definition) is 0. The molecule has 3 aromatic rings. The predicted molar refractivity (Wildman–Crippen MR) is 88.2 cm³/mol. The molecule has 0 saturated carbocycles. The first kappa shape index (κ1) is 12.8. The Morgan fingerprint density at radius 2 is 1.64 bits per heavy atom. The summed E-state index contributed by atoms with van der Waals surface area (Å²) in [6.07, 6.45) is 1.92. The Hall–Kier alpha value is -2.87. The molecule has 106 valence electrons. The van der Waals surface area contributed by atoms with Crippen LogP contribution in [0.3, 0.4) is 0 Å². The second-order valence-electron chi connectivity index (χ2n) is 5.39. The van der Waals surface area contributed by atoms with E-state index in [1.54, 1.807) is 0 Å². The third-order valence-electron chi connectivity index (χ3n) is 3.92. The number of carbonyl (C=O) groups excluding carboxylic acids is 1. The molecule has 2 heteroatoms. The monoisotopic (exact) mass is 286 g/mol. The van der Waals surface area contributed by atoms with Crippen LogP contribution < -0.4 is 4.74 Å². The van der Waals surface area contributed by atoms with Gasteiger partial charge >= 0.3 is 0 Å². The summed E-state index contributed by atoms with van der Waals surface area (Å²) >= 11 is 0. The molecule has 1 heterocycles. The number of rotatable bonds is 1. The maximum absolute atomic E-state index is 12.5. The highest BCUT2D eigenvalue weighted by Crippen LogP contribution is 2.28. The van der Waals surface area contributed by atoms with Crippen LogP contribution in [-0.2, 0) is 0 Å². The number of benzene rings is 3. The minimum absolute atomic E-state index is 0.0509. The standard InChI is InChI=1S/C20H14O2/c21-20-17(13-22-19-8-4-3-7-18(19)20)12-14-9-10-15-5-1-2-6-16(15)11-14/h1-12H,13H2. The summed E-state index contributed by atoms with van der Waals surface area (Å²) < 4.78 is 5.68. The van der Waals surface area contributed by atoms with Crippen molar-refractivity contribution in [1.82, 2.24) is 0 Å². The molecule has 0 unspecified atom stereocenters. The molecule has 0 amide bonds. The first-order valence-corrected chi connectivity index (χ1v) is 7.27. The van der Waals surface area contributed by atoms with Crippen LogP contribution >= 0.6 is 0 Å². The summed E-state index contributed by atoms with van der Waals surface area (Å²) in [4.78, 5) is 12.5. The van der Waals surface area contributed by atoms with Gasteiger partial charge in [-0.05, 0) is 40.6 Å². The molecular formula is C20H14O2. The second kappa shape index (κ2) is 5.15. The van der Waals surface area contributed by atoms with Crippen molar-refractivity contribution in [1.29, 1.82) is 0 Å². The van der Waals surface area contributed by atoms with Crippen LogP contribution in [0.1, 0.15) is 15.9 Å². The van der Waals surface area contributed by atoms with E-state index in [-0.39, 0.29) is 5.78 Å². The maximum atomic E-state index is 12.5. The lowest BCUT2D eigenvalue weighted by molar-refractivity contribution is 0.100. The zero-order valence-corrected chi connectivity index (χ0v) is 12.0. The Kier molecular flexibility index (Phi) is 3.01. The molecule has 0 fully saturated rings. The van der Waals surface area contributed by atoms with Crippen molar-refractivity contribution in [3.63, 3.8) is 0 Å². The van der Waals surface area contributed by atoms with Gasteiger partial charge in [0.1, 0.15) is 12.4 Å². The smallest absolute Gasteiger partial charge is 0.196 e. The van der Waals surface area contributed by atoms with Crippen molar-refractivity contribution >= 4 is 22.6 Å². The first-order valence-electron chi connectivity index (χ1n) is 7.27. The van der Waals surface area contributed by atoms with E-state index in [4.69, 9.17) is 4.74 Å². The number of Topliss-reactive ketones (excluding diaryl/α,β-unsaturated/α-hetero) is 1. The van der Waals surface area contributed by atoms with E-state index < -0.39 is 0 Å². The fourth-order valence-corrected chi connectivity index (χ4v) is 2.78. The van der Waals surface area contributed by atoms with Gasteiger partial charge in [-0.15, -0.1) is 0 Å². The van der Waals surface area contributed by atoms with E-state index in [1.807, 2.05) is 48.5 Å². The highest BCUT2D eigenvalue weighted by atomic mass is 16.5. The highest BCUT2D eigenvalue weighted by molar-refractivity contribution is 6.14. The van der Waals surface area contributed by atoms with Gasteiger partial charge in [0.15, 0.2) is 5.78 Å². The van der Waals surface area contributed by atoms with E-state index in [0.717, 1.165) is 5.56 Å². The van der Waals surface area contributed by atoms with Gasteiger partial charge in [-0.3, -0.25) is 4.79 Å². The zero-order valence-electron chi connectivity index (χ0n) is 12.0. The molecule has 1 aliphatic heterocycles. The van der Waals surface area contributed by atoms with E-state index in [0.29, 0.717) is 23.5 Å². The van der Waals surface area contributed by atoms with Crippen molar-refractivity contribution in [2.24, 2.45) is 0 Å². The third-order valence-corrected chi connectivity index (χ3v) is 3.92. The number of ether oxygens (including phenoxy) is 1. The van der Waals surface area contributed by atoms with Gasteiger partial charge in [0.05, 0.1) is 5.56 Å². The zero-order chi connectivity index (χ0) is 14.9. The number of fused-ring (bicyclic) bond motifs is 2. The lowest BCUT2D eigenvalue weighted by Gasteiger charge is -2.18. The molecule has 2 nitrogen and oxygen atoms in total. The van der Waals surface area contributed by atoms with E-state index in [1.165, 1.54) is 10.8 Å². The summed E-state index contributed by atoms with van der Waals surface area (Å²) in [5, 5.41) is 2.36. The van der Waals surface area contributed by atoms with Gasteiger partial charge < -0.3 is 4.74 Å². The van der Waals surface area contributed by atoms with Crippen LogP contribution in [0, 0.1) is 0 Å². The molecule has 0 N–H and O–H groups in total. The molecule has 4 rings (SSSR count). The molecule has 0 bridgehead atoms. The normalized spacial score (nSPS) is 15.6. The predicted octanol–water partition coefficient (Wildman–Crippen LogP) is 4.50. The summed E-state index contributed by atoms with van der Waals surface area (Å²) in [6, 6.07) is 21.8. The van der Waals surface area contributed by atoms with Gasteiger partial charge in [-0.2, -0.15) is 0 Å². The van der Waals surface area contributed by atoms with Gasteiger partial charge in [0, 0.05) is 5.57 Å². The van der Waals surface area contributed by atoms with E-state index in [2.05, 4.69) is 24.3 Å². The van der Waals surface area contributed by atoms with Crippen LogP contribution in [0.25, 0.3) is 16.8 Å². The molecule has 0 saturated heterocycles. The van der Waals surface area contributed by atoms with Gasteiger partial charge in [-0.25, -0.2) is 0 Å². The average molecular weight is 286 g/mol. The van der Waals surface area contributed by atoms with E-state index in [9.17, 15) is 4.79 Å². The van der Waals surface area contributed by atoms with Crippen molar-refractivity contribution < 1.29 is 9.53 Å². The molecule has 0 aromatic heterocycles. The molecule has 22 heavy (non-hydrogen) atoms. The summed E-state index contributed by atoms with van der Waals surface area (Å²) in [6.45, 7) is 0.322. The van der Waals surface area contributed by atoms with E-state index >= 15 is 0 Å². The topological polar surface area (TPSA) is 26.3 Å². The van der Waals surface area contributed by atoms with Gasteiger partial charge in [0.25, 0.3) is 0 Å². The molecule has 1 aliphatic rings. The summed E-state index contributed by atoms with van der Waals surface area (Å²) in [7, 11) is 0. The number of para-hydroxylation sites is 1. The van der Waals surface area contributed by atoms with Crippen molar-refractivity contribution in [2.75, 3.05) is 6.61 Å². The van der Waals surface area contributed by atoms with Crippen molar-refractivity contribution in [3.8, 4) is 5.75 Å². The van der Waals surface area contributed by atoms with Crippen LogP contribution in [-0.4, -0.2) is 12.4 Å². The van der Waals surface area contributed by atoms with Crippen LogP contribution in [0.2, 0.25) is 0 Å². The number of carbonyl (C=O) groups is 1. The molecular weight excluding hydrogens is 272 g/mol. The van der Waals surface area contributed by atoms with Crippen LogP contribution in [0.15, 0.2) is 72.3 Å². The highest BCUT2D eigenvalue weighted by Gasteiger charge is 2.22. The number of hydrogen-bond acceptors (Lipinski definition) is 2. The summed E-state index contributed by atoms with van der Waals surface area (Å²) in [5.74, 6) is 0.721. The SMILES string of the molecule is O=C1C(=Cc2ccc3ccccc3c2)COc2ccccc21. The maximum Gasteiger partial charge on any atom is 0.196 e. The van der Waals surface area contributed by atoms with Crippen molar-refractivity contribution in [3.05, 3.63) is 83.4 Å². The Balaban J connectivity index is 1.74. The molecule has 0 spiro atoms. The summed E-state index contributed by atoms with van der Waals surface area (Å²) in [5.41, 5.74) is 2.35. The second-order valence-corrected chi connectivity index (χ2v) is 5.39. The Morgan fingerprint density at radius 3 is 2.55 bits per heavy atom. The fourth-order valence-electron chi connectivity index (χ4n) is 2.78. The lowest BCUT2D eigenvalue weighted by atomic mass is 9.97. The number of ketones is 1. The minimum atomic E-state index is 0.0509. The molecule has 0 atom stereocenters. The molecule has 0 radical (unpaired) electrons. The largest absolute Gasteiger partial charge is 0.488 e. The Bertz CT molecular complexity index is 906. The fraction of sp³-hybridized carbons (Fsp3) is 0.0500. The van der Waals surface area contributed by atoms with Crippen molar-refractivity contribution in [2.45, 2.75) is 0 Å². The first-order chi connectivity index (χ1) is 10.8. The van der Waals surface area contributed by atoms with Gasteiger partial charge in [0.2, 0.25) is 0 Å². The quantitative estimate of drug-likeness (QED) is 0.616. The Morgan fingerprint density at radius 1 is 0.864 bits per heavy atom. The Labute approximate surface area is 128 Å². The molecule has 3 aromatic carbocycles. The van der Waals surface area contributed by atoms with Gasteiger partial charge in [-0.1, -0.05) is 48.5 Å². The van der Waals surface area contributed by atoms with Crippen LogP contribution in [0.4, 0.5) is 0 Å². The molecule has 0 aliphatic carbocycles. The average Bonchev–Trinajstić information content (AvgIpc) is 2.57. The minimum Gasteiger partial charge on any atom is -0.488 e. The van der Waals surface area contributed by atoms with Crippen LogP contribution in [0.5, 0.6) is 5.75 Å².